The normalized spacial score (nSPS) is 11.6. The number of halogens is 1. The number of nitrogens with two attached hydrogens (primary N) is 1. The van der Waals surface area contributed by atoms with E-state index in [4.69, 9.17) is 30.9 Å². The predicted molar refractivity (Wildman–Crippen MR) is 76.0 cm³/mol. The summed E-state index contributed by atoms with van der Waals surface area (Å²) < 4.78 is 27.5. The Morgan fingerprint density at radius 2 is 1.90 bits per heavy atom. The van der Waals surface area contributed by atoms with Crippen molar-refractivity contribution < 1.29 is 18.0 Å². The molecule has 3 N–H and O–H groups in total. The summed E-state index contributed by atoms with van der Waals surface area (Å²) in [5.74, 6) is 5.57. The Labute approximate surface area is 120 Å². The minimum atomic E-state index is -3.57. The molecule has 0 radical (unpaired) electrons. The lowest BCUT2D eigenvalue weighted by molar-refractivity contribution is 0.286. The first kappa shape index (κ1) is 15.0. The third kappa shape index (κ3) is 2.72. The number of nitrogens with zero attached hydrogens (tertiary/aromatic N) is 1. The number of benzene rings is 1. The molecule has 0 aliphatic carbocycles. The van der Waals surface area contributed by atoms with Gasteiger partial charge in [-0.2, -0.15) is 4.98 Å². The number of oxazole rings is 1. The summed E-state index contributed by atoms with van der Waals surface area (Å²) in [6.07, 6.45) is 0. The summed E-state index contributed by atoms with van der Waals surface area (Å²) in [6.45, 7) is 0. The Balaban J connectivity index is 2.51. The van der Waals surface area contributed by atoms with Gasteiger partial charge in [-0.3, -0.25) is 9.99 Å². The molecule has 0 fully saturated rings. The Hall–Kier alpha value is -1.37. The third-order valence-corrected chi connectivity index (χ3v) is 4.61. The molecule has 0 bridgehead atoms. The fourth-order valence-corrected chi connectivity index (χ4v) is 2.75. The van der Waals surface area contributed by atoms with Crippen molar-refractivity contribution in [2.45, 2.75) is 0 Å². The topological polar surface area (TPSA) is 99.6 Å². The van der Waals surface area contributed by atoms with Gasteiger partial charge in [0.2, 0.25) is 17.2 Å². The van der Waals surface area contributed by atoms with Gasteiger partial charge in [0.25, 0.3) is 0 Å². The third-order valence-electron chi connectivity index (χ3n) is 2.57. The lowest BCUT2D eigenvalue weighted by atomic mass is 10.2. The van der Waals surface area contributed by atoms with Gasteiger partial charge in [0.15, 0.2) is 0 Å². The highest BCUT2D eigenvalue weighted by Gasteiger charge is 2.34. The standard InChI is InChI=1S/C11H13ClN3O4P/c1-17-20(16,18-2)11-10(15-13)19-9(14-11)7-3-5-8(12)6-4-7/h3-6,15H,13H2,1-2H3. The van der Waals surface area contributed by atoms with Crippen LogP contribution in [0.2, 0.25) is 5.02 Å². The molecule has 0 aliphatic rings. The van der Waals surface area contributed by atoms with Crippen molar-refractivity contribution in [1.82, 2.24) is 4.98 Å². The summed E-state index contributed by atoms with van der Waals surface area (Å²) in [7, 11) is -1.07. The van der Waals surface area contributed by atoms with E-state index in [0.29, 0.717) is 10.6 Å². The van der Waals surface area contributed by atoms with Gasteiger partial charge in [-0.05, 0) is 24.3 Å². The quantitative estimate of drug-likeness (QED) is 0.496. The van der Waals surface area contributed by atoms with Crippen molar-refractivity contribution in [3.05, 3.63) is 29.3 Å². The SMILES string of the molecule is COP(=O)(OC)c1nc(-c2ccc(Cl)cc2)oc1NN. The van der Waals surface area contributed by atoms with Crippen LogP contribution >= 0.6 is 19.2 Å². The number of anilines is 1. The van der Waals surface area contributed by atoms with Crippen LogP contribution in [0.25, 0.3) is 11.5 Å². The van der Waals surface area contributed by atoms with E-state index in [0.717, 1.165) is 0 Å². The molecule has 9 heteroatoms. The summed E-state index contributed by atoms with van der Waals surface area (Å²) in [4.78, 5) is 4.13. The van der Waals surface area contributed by atoms with Crippen LogP contribution in [0.15, 0.2) is 28.7 Å². The summed E-state index contributed by atoms with van der Waals surface area (Å²) in [5, 5.41) is 0.581. The maximum absolute atomic E-state index is 12.3. The average molecular weight is 318 g/mol. The molecule has 1 aromatic carbocycles. The number of hydrazine groups is 1. The minimum Gasteiger partial charge on any atom is -0.418 e. The monoisotopic (exact) mass is 317 g/mol. The number of nitrogen functional groups attached to an aromatic ring is 1. The van der Waals surface area contributed by atoms with Crippen LogP contribution in [0.3, 0.4) is 0 Å². The van der Waals surface area contributed by atoms with Crippen molar-refractivity contribution in [1.29, 1.82) is 0 Å². The molecule has 1 aromatic heterocycles. The van der Waals surface area contributed by atoms with Gasteiger partial charge in [-0.15, -0.1) is 0 Å². The number of hydrogen-bond acceptors (Lipinski definition) is 7. The van der Waals surface area contributed by atoms with E-state index in [-0.39, 0.29) is 17.2 Å². The molecule has 0 saturated heterocycles. The maximum Gasteiger partial charge on any atom is 0.384 e. The van der Waals surface area contributed by atoms with E-state index >= 15 is 0 Å². The first-order valence-electron chi connectivity index (χ1n) is 5.49. The Bertz CT molecular complexity index is 636. The van der Waals surface area contributed by atoms with Gasteiger partial charge >= 0.3 is 7.60 Å². The lowest BCUT2D eigenvalue weighted by Crippen LogP contribution is -2.18. The van der Waals surface area contributed by atoms with E-state index in [1.807, 2.05) is 0 Å². The highest BCUT2D eigenvalue weighted by Crippen LogP contribution is 2.47. The van der Waals surface area contributed by atoms with Crippen molar-refractivity contribution >= 4 is 30.5 Å². The van der Waals surface area contributed by atoms with Crippen LogP contribution in [0.1, 0.15) is 0 Å². The van der Waals surface area contributed by atoms with E-state index in [1.165, 1.54) is 14.2 Å². The molecule has 0 unspecified atom stereocenters. The molecular weight excluding hydrogens is 305 g/mol. The van der Waals surface area contributed by atoms with Gasteiger partial charge in [-0.25, -0.2) is 5.84 Å². The molecule has 0 saturated carbocycles. The van der Waals surface area contributed by atoms with Crippen LogP contribution in [0, 0.1) is 0 Å². The Kier molecular flexibility index (Phi) is 4.47. The summed E-state index contributed by atoms with van der Waals surface area (Å²) in [5.41, 5.74) is 2.91. The van der Waals surface area contributed by atoms with Gasteiger partial charge in [0.05, 0.1) is 0 Å². The Morgan fingerprint density at radius 3 is 2.40 bits per heavy atom. The summed E-state index contributed by atoms with van der Waals surface area (Å²) in [6, 6.07) is 6.79. The number of hydrogen-bond donors (Lipinski definition) is 2. The van der Waals surface area contributed by atoms with Crippen LogP contribution in [-0.4, -0.2) is 19.2 Å². The van der Waals surface area contributed by atoms with Crippen LogP contribution in [0.4, 0.5) is 5.88 Å². The number of nitrogens with one attached hydrogen (secondary N) is 1. The predicted octanol–water partition coefficient (Wildman–Crippen LogP) is 2.39. The molecule has 0 atom stereocenters. The molecular formula is C11H13ClN3O4P. The molecule has 20 heavy (non-hydrogen) atoms. The second kappa shape index (κ2) is 5.95. The largest absolute Gasteiger partial charge is 0.418 e. The van der Waals surface area contributed by atoms with Crippen LogP contribution in [0.5, 0.6) is 0 Å². The molecule has 0 amide bonds. The fraction of sp³-hybridized carbons (Fsp3) is 0.182. The van der Waals surface area contributed by atoms with Gasteiger partial charge in [0.1, 0.15) is 0 Å². The molecule has 108 valence electrons. The van der Waals surface area contributed by atoms with Gasteiger partial charge in [0, 0.05) is 24.8 Å². The van der Waals surface area contributed by atoms with Gasteiger partial charge < -0.3 is 13.5 Å². The molecule has 1 heterocycles. The van der Waals surface area contributed by atoms with Crippen LogP contribution in [-0.2, 0) is 13.6 Å². The molecule has 2 rings (SSSR count). The minimum absolute atomic E-state index is 0.0157. The first-order valence-corrected chi connectivity index (χ1v) is 7.41. The van der Waals surface area contributed by atoms with Gasteiger partial charge in [-0.1, -0.05) is 11.6 Å². The number of aromatic nitrogens is 1. The van der Waals surface area contributed by atoms with E-state index in [2.05, 4.69) is 10.4 Å². The van der Waals surface area contributed by atoms with Crippen molar-refractivity contribution in [2.24, 2.45) is 5.84 Å². The second-order valence-corrected chi connectivity index (χ2v) is 6.27. The zero-order valence-corrected chi connectivity index (χ0v) is 12.4. The zero-order chi connectivity index (χ0) is 14.8. The number of rotatable bonds is 5. The second-order valence-electron chi connectivity index (χ2n) is 3.69. The highest BCUT2D eigenvalue weighted by molar-refractivity contribution is 7.62. The van der Waals surface area contributed by atoms with Crippen molar-refractivity contribution in [3.63, 3.8) is 0 Å². The highest BCUT2D eigenvalue weighted by atomic mass is 35.5. The molecule has 7 nitrogen and oxygen atoms in total. The lowest BCUT2D eigenvalue weighted by Gasteiger charge is -2.10. The van der Waals surface area contributed by atoms with Crippen molar-refractivity contribution in [2.75, 3.05) is 19.6 Å². The maximum atomic E-state index is 12.3. The van der Waals surface area contributed by atoms with E-state index in [9.17, 15) is 4.57 Å². The Morgan fingerprint density at radius 1 is 1.30 bits per heavy atom. The van der Waals surface area contributed by atoms with Crippen LogP contribution < -0.4 is 16.7 Å². The van der Waals surface area contributed by atoms with E-state index in [1.54, 1.807) is 24.3 Å². The zero-order valence-electron chi connectivity index (χ0n) is 10.8. The molecule has 0 spiro atoms. The summed E-state index contributed by atoms with van der Waals surface area (Å²) >= 11 is 5.81. The van der Waals surface area contributed by atoms with Crippen molar-refractivity contribution in [3.8, 4) is 11.5 Å². The van der Waals surface area contributed by atoms with E-state index < -0.39 is 7.60 Å². The average Bonchev–Trinajstić information content (AvgIpc) is 2.92. The molecule has 2 aromatic rings. The fourth-order valence-electron chi connectivity index (χ4n) is 1.56. The smallest absolute Gasteiger partial charge is 0.384 e. The molecule has 0 aliphatic heterocycles. The first-order chi connectivity index (χ1) is 9.54.